The van der Waals surface area contributed by atoms with Crippen LogP contribution in [0.15, 0.2) is 30.3 Å². The van der Waals surface area contributed by atoms with Crippen LogP contribution in [0.25, 0.3) is 0 Å². The van der Waals surface area contributed by atoms with E-state index in [4.69, 9.17) is 0 Å². The van der Waals surface area contributed by atoms with Gasteiger partial charge in [0, 0.05) is 12.6 Å². The second-order valence-electron chi connectivity index (χ2n) is 6.40. The summed E-state index contributed by atoms with van der Waals surface area (Å²) in [6, 6.07) is 11.4. The van der Waals surface area contributed by atoms with Crippen LogP contribution in [0.2, 0.25) is 0 Å². The Balaban J connectivity index is 1.84. The molecule has 21 heavy (non-hydrogen) atoms. The molecule has 0 spiro atoms. The standard InChI is InChI=1S/C19H32N2/c1-3-14-20-19(18-11-6-5-7-12-18)13-15-21(4-2)16-17-9-8-10-17/h5-7,11-12,17,19-20H,3-4,8-10,13-16H2,1-2H3. The summed E-state index contributed by atoms with van der Waals surface area (Å²) >= 11 is 0. The summed E-state index contributed by atoms with van der Waals surface area (Å²) in [7, 11) is 0. The van der Waals surface area contributed by atoms with Crippen LogP contribution in [0.1, 0.15) is 57.6 Å². The maximum absolute atomic E-state index is 3.72. The lowest BCUT2D eigenvalue weighted by molar-refractivity contribution is 0.177. The van der Waals surface area contributed by atoms with Crippen LogP contribution < -0.4 is 5.32 Å². The van der Waals surface area contributed by atoms with Gasteiger partial charge in [0.05, 0.1) is 0 Å². The van der Waals surface area contributed by atoms with E-state index in [0.717, 1.165) is 12.5 Å². The Labute approximate surface area is 130 Å². The number of nitrogens with zero attached hydrogens (tertiary/aromatic N) is 1. The van der Waals surface area contributed by atoms with Crippen molar-refractivity contribution in [3.05, 3.63) is 35.9 Å². The molecular weight excluding hydrogens is 256 g/mol. The molecule has 1 atom stereocenters. The molecule has 1 aromatic rings. The van der Waals surface area contributed by atoms with Crippen LogP contribution in [0.4, 0.5) is 0 Å². The Morgan fingerprint density at radius 2 is 1.95 bits per heavy atom. The van der Waals surface area contributed by atoms with E-state index in [9.17, 15) is 0 Å². The predicted molar refractivity (Wildman–Crippen MR) is 91.5 cm³/mol. The van der Waals surface area contributed by atoms with E-state index in [-0.39, 0.29) is 0 Å². The number of nitrogens with one attached hydrogen (secondary N) is 1. The Morgan fingerprint density at radius 3 is 2.52 bits per heavy atom. The first-order valence-electron chi connectivity index (χ1n) is 8.84. The largest absolute Gasteiger partial charge is 0.310 e. The molecule has 0 heterocycles. The van der Waals surface area contributed by atoms with Crippen LogP contribution in [0.5, 0.6) is 0 Å². The Hall–Kier alpha value is -0.860. The van der Waals surface area contributed by atoms with Gasteiger partial charge in [-0.05, 0) is 56.8 Å². The third-order valence-electron chi connectivity index (χ3n) is 4.77. The second kappa shape index (κ2) is 9.22. The topological polar surface area (TPSA) is 15.3 Å². The quantitative estimate of drug-likeness (QED) is 0.693. The van der Waals surface area contributed by atoms with Gasteiger partial charge in [0.1, 0.15) is 0 Å². The minimum Gasteiger partial charge on any atom is -0.310 e. The first-order chi connectivity index (χ1) is 10.3. The fourth-order valence-electron chi connectivity index (χ4n) is 3.12. The van der Waals surface area contributed by atoms with Crippen LogP contribution in [-0.2, 0) is 0 Å². The minimum atomic E-state index is 0.501. The van der Waals surface area contributed by atoms with Gasteiger partial charge in [-0.25, -0.2) is 0 Å². The lowest BCUT2D eigenvalue weighted by Crippen LogP contribution is -2.35. The molecular formula is C19H32N2. The monoisotopic (exact) mass is 288 g/mol. The normalized spacial score (nSPS) is 16.9. The lowest BCUT2D eigenvalue weighted by atomic mass is 9.85. The van der Waals surface area contributed by atoms with Crippen LogP contribution in [0, 0.1) is 5.92 Å². The first-order valence-corrected chi connectivity index (χ1v) is 8.84. The molecule has 2 nitrogen and oxygen atoms in total. The molecule has 0 radical (unpaired) electrons. The van der Waals surface area contributed by atoms with Crippen LogP contribution in [0.3, 0.4) is 0 Å². The third kappa shape index (κ3) is 5.44. The summed E-state index contributed by atoms with van der Waals surface area (Å²) < 4.78 is 0. The van der Waals surface area contributed by atoms with Crippen LogP contribution >= 0.6 is 0 Å². The molecule has 0 aliphatic heterocycles. The van der Waals surface area contributed by atoms with Crippen molar-refractivity contribution in [3.8, 4) is 0 Å². The summed E-state index contributed by atoms with van der Waals surface area (Å²) in [6.45, 7) is 9.36. The number of benzene rings is 1. The smallest absolute Gasteiger partial charge is 0.0332 e. The molecule has 1 saturated carbocycles. The van der Waals surface area contributed by atoms with Crippen molar-refractivity contribution in [2.45, 2.75) is 52.0 Å². The molecule has 1 aromatic carbocycles. The Morgan fingerprint density at radius 1 is 1.19 bits per heavy atom. The molecule has 1 aliphatic carbocycles. The highest BCUT2D eigenvalue weighted by atomic mass is 15.1. The molecule has 118 valence electrons. The first kappa shape index (κ1) is 16.5. The summed E-state index contributed by atoms with van der Waals surface area (Å²) in [4.78, 5) is 2.65. The van der Waals surface area contributed by atoms with E-state index in [1.807, 2.05) is 0 Å². The summed E-state index contributed by atoms with van der Waals surface area (Å²) in [6.07, 6.45) is 6.76. The van der Waals surface area contributed by atoms with Crippen molar-refractivity contribution in [2.75, 3.05) is 26.2 Å². The zero-order chi connectivity index (χ0) is 14.9. The fourth-order valence-corrected chi connectivity index (χ4v) is 3.12. The van der Waals surface area contributed by atoms with Crippen molar-refractivity contribution < 1.29 is 0 Å². The molecule has 0 aromatic heterocycles. The van der Waals surface area contributed by atoms with Gasteiger partial charge in [-0.2, -0.15) is 0 Å². The van der Waals surface area contributed by atoms with Crippen molar-refractivity contribution in [1.82, 2.24) is 10.2 Å². The van der Waals surface area contributed by atoms with Gasteiger partial charge in [0.25, 0.3) is 0 Å². The van der Waals surface area contributed by atoms with E-state index in [1.165, 1.54) is 57.3 Å². The van der Waals surface area contributed by atoms with Crippen molar-refractivity contribution >= 4 is 0 Å². The molecule has 1 fully saturated rings. The molecule has 0 bridgehead atoms. The summed E-state index contributed by atoms with van der Waals surface area (Å²) in [5.74, 6) is 0.976. The van der Waals surface area contributed by atoms with Crippen molar-refractivity contribution in [3.63, 3.8) is 0 Å². The highest BCUT2D eigenvalue weighted by Crippen LogP contribution is 2.27. The molecule has 0 saturated heterocycles. The maximum atomic E-state index is 3.72. The van der Waals surface area contributed by atoms with Gasteiger partial charge >= 0.3 is 0 Å². The third-order valence-corrected chi connectivity index (χ3v) is 4.77. The van der Waals surface area contributed by atoms with Crippen molar-refractivity contribution in [2.24, 2.45) is 5.92 Å². The fraction of sp³-hybridized carbons (Fsp3) is 0.684. The minimum absolute atomic E-state index is 0.501. The predicted octanol–water partition coefficient (Wildman–Crippen LogP) is 4.24. The van der Waals surface area contributed by atoms with Gasteiger partial charge in [0.15, 0.2) is 0 Å². The van der Waals surface area contributed by atoms with Gasteiger partial charge in [-0.15, -0.1) is 0 Å². The zero-order valence-electron chi connectivity index (χ0n) is 13.9. The summed E-state index contributed by atoms with van der Waals surface area (Å²) in [5, 5.41) is 3.72. The molecule has 0 amide bonds. The van der Waals surface area contributed by atoms with E-state index >= 15 is 0 Å². The number of hydrogen-bond acceptors (Lipinski definition) is 2. The Kier molecular flexibility index (Phi) is 7.25. The van der Waals surface area contributed by atoms with Gasteiger partial charge in [-0.3, -0.25) is 0 Å². The van der Waals surface area contributed by atoms with Gasteiger partial charge < -0.3 is 10.2 Å². The zero-order valence-corrected chi connectivity index (χ0v) is 13.9. The molecule has 2 heteroatoms. The molecule has 1 aliphatic rings. The van der Waals surface area contributed by atoms with Gasteiger partial charge in [0.2, 0.25) is 0 Å². The average molecular weight is 288 g/mol. The van der Waals surface area contributed by atoms with E-state index < -0.39 is 0 Å². The van der Waals surface area contributed by atoms with Gasteiger partial charge in [-0.1, -0.05) is 50.6 Å². The Bertz CT molecular complexity index is 372. The highest BCUT2D eigenvalue weighted by Gasteiger charge is 2.20. The van der Waals surface area contributed by atoms with E-state index in [2.05, 4.69) is 54.4 Å². The average Bonchev–Trinajstić information content (AvgIpc) is 2.49. The maximum Gasteiger partial charge on any atom is 0.0332 e. The van der Waals surface area contributed by atoms with E-state index in [0.29, 0.717) is 6.04 Å². The van der Waals surface area contributed by atoms with E-state index in [1.54, 1.807) is 0 Å². The highest BCUT2D eigenvalue weighted by molar-refractivity contribution is 5.18. The number of hydrogen-bond donors (Lipinski definition) is 1. The van der Waals surface area contributed by atoms with Crippen molar-refractivity contribution in [1.29, 1.82) is 0 Å². The lowest BCUT2D eigenvalue weighted by Gasteiger charge is -2.32. The molecule has 1 N–H and O–H groups in total. The molecule has 1 unspecified atom stereocenters. The van der Waals surface area contributed by atoms with Crippen LogP contribution in [-0.4, -0.2) is 31.1 Å². The number of rotatable bonds is 10. The molecule has 2 rings (SSSR count). The second-order valence-corrected chi connectivity index (χ2v) is 6.40. The summed E-state index contributed by atoms with van der Waals surface area (Å²) in [5.41, 5.74) is 1.44. The SMILES string of the molecule is CCCNC(CCN(CC)CC1CCC1)c1ccccc1.